The van der Waals surface area contributed by atoms with Crippen LogP contribution in [0.3, 0.4) is 0 Å². The molecule has 0 aliphatic heterocycles. The van der Waals surface area contributed by atoms with Gasteiger partial charge in [-0.3, -0.25) is 10.1 Å². The third-order valence-corrected chi connectivity index (χ3v) is 4.79. The van der Waals surface area contributed by atoms with Gasteiger partial charge in [-0.2, -0.15) is 17.6 Å². The second-order valence-electron chi connectivity index (χ2n) is 6.90. The van der Waals surface area contributed by atoms with Gasteiger partial charge in [0.15, 0.2) is 0 Å². The van der Waals surface area contributed by atoms with Crippen molar-refractivity contribution in [1.29, 1.82) is 0 Å². The maximum Gasteiger partial charge on any atom is 0.419 e. The van der Waals surface area contributed by atoms with Gasteiger partial charge in [0.1, 0.15) is 17.0 Å². The average Bonchev–Trinajstić information content (AvgIpc) is 3.13. The van der Waals surface area contributed by atoms with Gasteiger partial charge in [0, 0.05) is 48.7 Å². The molecule has 0 fully saturated rings. The Kier molecular flexibility index (Phi) is 5.31. The second kappa shape index (κ2) is 8.00. The van der Waals surface area contributed by atoms with Gasteiger partial charge >= 0.3 is 11.9 Å². The number of nitro benzene ring substituents is 1. The number of nitro groups is 1. The Balaban J connectivity index is 1.83. The van der Waals surface area contributed by atoms with Crippen LogP contribution in [0.5, 0.6) is 5.75 Å². The number of aromatic nitrogens is 4. The molecule has 0 aliphatic rings. The minimum absolute atomic E-state index is 0.0866. The molecule has 0 atom stereocenters. The lowest BCUT2D eigenvalue weighted by Crippen LogP contribution is -2.11. The molecule has 0 amide bonds. The van der Waals surface area contributed by atoms with Crippen molar-refractivity contribution < 1.29 is 27.2 Å². The summed E-state index contributed by atoms with van der Waals surface area (Å²) >= 11 is 0. The lowest BCUT2D eigenvalue weighted by atomic mass is 10.1. The Morgan fingerprint density at radius 2 is 1.94 bits per heavy atom. The van der Waals surface area contributed by atoms with Crippen LogP contribution in [0.25, 0.3) is 22.3 Å². The second-order valence-corrected chi connectivity index (χ2v) is 6.90. The summed E-state index contributed by atoms with van der Waals surface area (Å²) in [6.45, 7) is 0. The standard InChI is InChI=1S/C20H14F4N6O3/c1-29-4-3-10-5-11(8-25-18(10)29)17-12(20(22,23)24)9-26-19(28-17)27-14-7-15(30(31)32)13(21)6-16(14)33-2/h3-9H,1-2H3,(H,26,27,28). The molecule has 4 aromatic rings. The van der Waals surface area contributed by atoms with E-state index in [-0.39, 0.29) is 22.9 Å². The molecular formula is C20H14F4N6O3. The molecule has 170 valence electrons. The summed E-state index contributed by atoms with van der Waals surface area (Å²) in [6, 6.07) is 4.82. The largest absolute Gasteiger partial charge is 0.494 e. The summed E-state index contributed by atoms with van der Waals surface area (Å²) in [5.74, 6) is -1.58. The predicted octanol–water partition coefficient (Wildman–Crippen LogP) is 4.85. The zero-order valence-corrected chi connectivity index (χ0v) is 17.0. The number of aryl methyl sites for hydroxylation is 1. The van der Waals surface area contributed by atoms with E-state index < -0.39 is 33.9 Å². The maximum atomic E-state index is 13.9. The third-order valence-electron chi connectivity index (χ3n) is 4.79. The van der Waals surface area contributed by atoms with Crippen molar-refractivity contribution in [1.82, 2.24) is 19.5 Å². The number of methoxy groups -OCH3 is 1. The zero-order valence-electron chi connectivity index (χ0n) is 17.0. The van der Waals surface area contributed by atoms with E-state index >= 15 is 0 Å². The number of anilines is 2. The minimum Gasteiger partial charge on any atom is -0.494 e. The van der Waals surface area contributed by atoms with E-state index in [0.29, 0.717) is 17.2 Å². The number of hydrogen-bond donors (Lipinski definition) is 1. The van der Waals surface area contributed by atoms with Crippen molar-refractivity contribution in [3.05, 3.63) is 64.4 Å². The van der Waals surface area contributed by atoms with Gasteiger partial charge < -0.3 is 14.6 Å². The number of pyridine rings is 1. The monoisotopic (exact) mass is 462 g/mol. The van der Waals surface area contributed by atoms with Crippen molar-refractivity contribution >= 4 is 28.4 Å². The van der Waals surface area contributed by atoms with Gasteiger partial charge in [-0.1, -0.05) is 0 Å². The molecule has 9 nitrogen and oxygen atoms in total. The Morgan fingerprint density at radius 1 is 1.18 bits per heavy atom. The SMILES string of the molecule is COc1cc(F)c([N+](=O)[O-])cc1Nc1ncc(C(F)(F)F)c(-c2cnc3c(ccn3C)c2)n1. The first kappa shape index (κ1) is 21.9. The molecule has 0 saturated carbocycles. The molecule has 1 aromatic carbocycles. The first-order chi connectivity index (χ1) is 15.6. The Bertz CT molecular complexity index is 1390. The molecule has 0 spiro atoms. The van der Waals surface area contributed by atoms with Crippen LogP contribution in [0, 0.1) is 15.9 Å². The van der Waals surface area contributed by atoms with Crippen molar-refractivity contribution in [2.45, 2.75) is 6.18 Å². The van der Waals surface area contributed by atoms with E-state index in [0.717, 1.165) is 12.1 Å². The van der Waals surface area contributed by atoms with Gasteiger partial charge in [0.2, 0.25) is 11.8 Å². The van der Waals surface area contributed by atoms with Crippen LogP contribution in [0.15, 0.2) is 42.9 Å². The fourth-order valence-corrected chi connectivity index (χ4v) is 3.22. The molecule has 3 heterocycles. The fraction of sp³-hybridized carbons (Fsp3) is 0.150. The highest BCUT2D eigenvalue weighted by molar-refractivity contribution is 5.82. The predicted molar refractivity (Wildman–Crippen MR) is 110 cm³/mol. The van der Waals surface area contributed by atoms with E-state index in [1.807, 2.05) is 0 Å². The quantitative estimate of drug-likeness (QED) is 0.257. The van der Waals surface area contributed by atoms with E-state index in [1.54, 1.807) is 23.9 Å². The van der Waals surface area contributed by atoms with Crippen LogP contribution in [0.1, 0.15) is 5.56 Å². The van der Waals surface area contributed by atoms with E-state index in [1.165, 1.54) is 19.4 Å². The van der Waals surface area contributed by atoms with Crippen molar-refractivity contribution in [3.8, 4) is 17.0 Å². The number of ether oxygens (including phenoxy) is 1. The highest BCUT2D eigenvalue weighted by atomic mass is 19.4. The summed E-state index contributed by atoms with van der Waals surface area (Å²) < 4.78 is 61.6. The number of benzene rings is 1. The van der Waals surface area contributed by atoms with E-state index in [9.17, 15) is 27.7 Å². The number of alkyl halides is 3. The molecule has 1 N–H and O–H groups in total. The first-order valence-corrected chi connectivity index (χ1v) is 9.23. The number of rotatable bonds is 5. The highest BCUT2D eigenvalue weighted by Gasteiger charge is 2.36. The normalized spacial score (nSPS) is 11.6. The summed E-state index contributed by atoms with van der Waals surface area (Å²) in [5.41, 5.74) is -1.85. The van der Waals surface area contributed by atoms with Crippen LogP contribution >= 0.6 is 0 Å². The van der Waals surface area contributed by atoms with Gasteiger partial charge in [0.25, 0.3) is 0 Å². The van der Waals surface area contributed by atoms with Gasteiger partial charge in [-0.25, -0.2) is 15.0 Å². The van der Waals surface area contributed by atoms with Gasteiger partial charge in [-0.05, 0) is 12.1 Å². The van der Waals surface area contributed by atoms with E-state index in [4.69, 9.17) is 4.74 Å². The number of hydrogen-bond acceptors (Lipinski definition) is 7. The lowest BCUT2D eigenvalue weighted by Gasteiger charge is -2.15. The zero-order chi connectivity index (χ0) is 23.9. The van der Waals surface area contributed by atoms with Crippen molar-refractivity contribution in [2.75, 3.05) is 12.4 Å². The highest BCUT2D eigenvalue weighted by Crippen LogP contribution is 2.38. The molecule has 3 aromatic heterocycles. The number of halogens is 4. The minimum atomic E-state index is -4.76. The molecule has 0 unspecified atom stereocenters. The first-order valence-electron chi connectivity index (χ1n) is 9.23. The number of nitrogens with zero attached hydrogens (tertiary/aromatic N) is 5. The Labute approximate surface area is 182 Å². The van der Waals surface area contributed by atoms with E-state index in [2.05, 4.69) is 20.3 Å². The Morgan fingerprint density at radius 3 is 2.61 bits per heavy atom. The molecule has 0 radical (unpaired) electrons. The van der Waals surface area contributed by atoms with Crippen LogP contribution in [0.4, 0.5) is 34.9 Å². The summed E-state index contributed by atoms with van der Waals surface area (Å²) in [7, 11) is 2.95. The number of fused-ring (bicyclic) bond motifs is 1. The molecular weight excluding hydrogens is 448 g/mol. The van der Waals surface area contributed by atoms with Crippen molar-refractivity contribution in [3.63, 3.8) is 0 Å². The topological polar surface area (TPSA) is 108 Å². The molecule has 0 bridgehead atoms. The van der Waals surface area contributed by atoms with Crippen molar-refractivity contribution in [2.24, 2.45) is 7.05 Å². The maximum absolute atomic E-state index is 13.9. The average molecular weight is 462 g/mol. The van der Waals surface area contributed by atoms with Gasteiger partial charge in [0.05, 0.1) is 23.4 Å². The molecule has 4 rings (SSSR count). The van der Waals surface area contributed by atoms with Crippen LogP contribution in [0.2, 0.25) is 0 Å². The molecule has 13 heteroatoms. The van der Waals surface area contributed by atoms with Crippen LogP contribution < -0.4 is 10.1 Å². The molecule has 0 aliphatic carbocycles. The summed E-state index contributed by atoms with van der Waals surface area (Å²) in [5, 5.41) is 14.2. The summed E-state index contributed by atoms with van der Waals surface area (Å²) in [6.07, 6.45) is -1.20. The smallest absolute Gasteiger partial charge is 0.419 e. The lowest BCUT2D eigenvalue weighted by molar-refractivity contribution is -0.387. The van der Waals surface area contributed by atoms with Gasteiger partial charge in [-0.15, -0.1) is 0 Å². The third kappa shape index (κ3) is 4.12. The summed E-state index contributed by atoms with van der Waals surface area (Å²) in [4.78, 5) is 22.0. The molecule has 33 heavy (non-hydrogen) atoms. The fourth-order valence-electron chi connectivity index (χ4n) is 3.22. The van der Waals surface area contributed by atoms with Crippen LogP contribution in [-0.2, 0) is 13.2 Å². The van der Waals surface area contributed by atoms with Crippen LogP contribution in [-0.4, -0.2) is 31.6 Å². The number of nitrogens with one attached hydrogen (secondary N) is 1. The Hall–Kier alpha value is -4.29. The molecule has 0 saturated heterocycles.